The summed E-state index contributed by atoms with van der Waals surface area (Å²) in [6.07, 6.45) is 5.05. The lowest BCUT2D eigenvalue weighted by atomic mass is 10.1. The van der Waals surface area contributed by atoms with Crippen molar-refractivity contribution >= 4 is 21.6 Å². The molecule has 0 radical (unpaired) electrons. The highest BCUT2D eigenvalue weighted by atomic mass is 32.2. The molecule has 0 aromatic carbocycles. The van der Waals surface area contributed by atoms with Crippen LogP contribution in [0, 0.1) is 0 Å². The molecule has 0 saturated carbocycles. The van der Waals surface area contributed by atoms with Gasteiger partial charge in [0.2, 0.25) is 0 Å². The molecule has 140 valence electrons. The Morgan fingerprint density at radius 2 is 2.15 bits per heavy atom. The molecule has 0 bridgehead atoms. The molecule has 8 nitrogen and oxygen atoms in total. The van der Waals surface area contributed by atoms with Crippen LogP contribution < -0.4 is 4.90 Å². The average Bonchev–Trinajstić information content (AvgIpc) is 3.09. The Balaban J connectivity index is 1.95. The Hall–Kier alpha value is -2.42. The van der Waals surface area contributed by atoms with Gasteiger partial charge >= 0.3 is 0 Å². The third-order valence-corrected chi connectivity index (χ3v) is 6.13. The lowest BCUT2D eigenvalue weighted by Crippen LogP contribution is -2.46. The standard InChI is InChI=1S/C17H23N5O3S/c1-4-21-11-14(10-19-21)15-12-26(24,25)8-7-22(15)17(23)13-5-6-18-16(9-13)20(2)3/h5-6,9-11,15H,4,7-8,12H2,1-3H3. The van der Waals surface area contributed by atoms with Gasteiger partial charge in [0.25, 0.3) is 5.91 Å². The SMILES string of the molecule is CCn1cc(C2CS(=O)(=O)CCN2C(=O)c2ccnc(N(C)C)c2)cn1. The normalized spacial score (nSPS) is 19.3. The summed E-state index contributed by atoms with van der Waals surface area (Å²) in [5, 5.41) is 4.23. The first-order valence-corrected chi connectivity index (χ1v) is 10.3. The number of pyridine rings is 1. The van der Waals surface area contributed by atoms with E-state index >= 15 is 0 Å². The average molecular weight is 377 g/mol. The number of hydrogen-bond donors (Lipinski definition) is 0. The maximum Gasteiger partial charge on any atom is 0.254 e. The van der Waals surface area contributed by atoms with Crippen LogP contribution in [0.1, 0.15) is 28.9 Å². The highest BCUT2D eigenvalue weighted by Crippen LogP contribution is 2.28. The topological polar surface area (TPSA) is 88.4 Å². The van der Waals surface area contributed by atoms with Crippen LogP contribution in [-0.2, 0) is 16.4 Å². The van der Waals surface area contributed by atoms with E-state index in [0.717, 1.165) is 5.56 Å². The van der Waals surface area contributed by atoms with Crippen LogP contribution in [0.5, 0.6) is 0 Å². The second-order valence-electron chi connectivity index (χ2n) is 6.56. The zero-order valence-corrected chi connectivity index (χ0v) is 16.0. The molecule has 1 atom stereocenters. The van der Waals surface area contributed by atoms with Gasteiger partial charge in [-0.05, 0) is 19.1 Å². The minimum atomic E-state index is -3.20. The Morgan fingerprint density at radius 1 is 1.38 bits per heavy atom. The van der Waals surface area contributed by atoms with Gasteiger partial charge in [0.05, 0.1) is 23.7 Å². The third kappa shape index (κ3) is 3.72. The molecule has 1 aliphatic rings. The quantitative estimate of drug-likeness (QED) is 0.789. The zero-order valence-electron chi connectivity index (χ0n) is 15.2. The van der Waals surface area contributed by atoms with E-state index < -0.39 is 15.9 Å². The van der Waals surface area contributed by atoms with Gasteiger partial charge in [0.1, 0.15) is 5.82 Å². The molecule has 2 aromatic rings. The number of aryl methyl sites for hydroxylation is 1. The molecule has 0 N–H and O–H groups in total. The predicted molar refractivity (Wildman–Crippen MR) is 98.9 cm³/mol. The van der Waals surface area contributed by atoms with E-state index in [2.05, 4.69) is 10.1 Å². The van der Waals surface area contributed by atoms with Gasteiger partial charge in [-0.3, -0.25) is 9.48 Å². The van der Waals surface area contributed by atoms with Crippen molar-refractivity contribution in [1.82, 2.24) is 19.7 Å². The first kappa shape index (κ1) is 18.4. The van der Waals surface area contributed by atoms with Crippen molar-refractivity contribution in [2.24, 2.45) is 0 Å². The van der Waals surface area contributed by atoms with Gasteiger partial charge in [0.15, 0.2) is 9.84 Å². The molecule has 0 spiro atoms. The van der Waals surface area contributed by atoms with Crippen molar-refractivity contribution in [2.45, 2.75) is 19.5 Å². The number of aromatic nitrogens is 3. The van der Waals surface area contributed by atoms with Crippen LogP contribution in [0.3, 0.4) is 0 Å². The third-order valence-electron chi connectivity index (χ3n) is 4.50. The predicted octanol–water partition coefficient (Wildman–Crippen LogP) is 0.976. The van der Waals surface area contributed by atoms with Gasteiger partial charge < -0.3 is 9.80 Å². The van der Waals surface area contributed by atoms with Gasteiger partial charge in [-0.15, -0.1) is 0 Å². The molecular weight excluding hydrogens is 354 g/mol. The summed E-state index contributed by atoms with van der Waals surface area (Å²) in [5.41, 5.74) is 1.24. The molecule has 9 heteroatoms. The van der Waals surface area contributed by atoms with Gasteiger partial charge in [-0.25, -0.2) is 13.4 Å². The van der Waals surface area contributed by atoms with E-state index in [-0.39, 0.29) is 24.0 Å². The fraction of sp³-hybridized carbons (Fsp3) is 0.471. The van der Waals surface area contributed by atoms with Gasteiger partial charge in [0, 0.05) is 50.7 Å². The van der Waals surface area contributed by atoms with E-state index in [1.807, 2.05) is 32.1 Å². The van der Waals surface area contributed by atoms with Crippen molar-refractivity contribution in [3.05, 3.63) is 41.9 Å². The number of carbonyl (C=O) groups excluding carboxylic acids is 1. The van der Waals surface area contributed by atoms with Crippen molar-refractivity contribution in [3.8, 4) is 0 Å². The Bertz CT molecular complexity index is 907. The Kier molecular flexibility index (Phi) is 4.99. The second kappa shape index (κ2) is 7.06. The molecule has 1 aliphatic heterocycles. The highest BCUT2D eigenvalue weighted by molar-refractivity contribution is 7.91. The molecule has 2 aromatic heterocycles. The molecule has 1 unspecified atom stereocenters. The molecular formula is C17H23N5O3S. The molecule has 1 fully saturated rings. The van der Waals surface area contributed by atoms with Crippen LogP contribution in [-0.4, -0.2) is 66.1 Å². The maximum absolute atomic E-state index is 13.1. The van der Waals surface area contributed by atoms with E-state index in [9.17, 15) is 13.2 Å². The first-order chi connectivity index (χ1) is 12.3. The van der Waals surface area contributed by atoms with Crippen molar-refractivity contribution in [2.75, 3.05) is 37.0 Å². The smallest absolute Gasteiger partial charge is 0.254 e. The summed E-state index contributed by atoms with van der Waals surface area (Å²) in [7, 11) is 0.507. The van der Waals surface area contributed by atoms with Crippen LogP contribution >= 0.6 is 0 Å². The Morgan fingerprint density at radius 3 is 2.81 bits per heavy atom. The minimum Gasteiger partial charge on any atom is -0.363 e. The molecule has 1 saturated heterocycles. The van der Waals surface area contributed by atoms with Crippen LogP contribution in [0.4, 0.5) is 5.82 Å². The van der Waals surface area contributed by atoms with Crippen molar-refractivity contribution < 1.29 is 13.2 Å². The highest BCUT2D eigenvalue weighted by Gasteiger charge is 2.36. The monoisotopic (exact) mass is 377 g/mol. The zero-order chi connectivity index (χ0) is 18.9. The number of sulfone groups is 1. The molecule has 0 aliphatic carbocycles. The largest absolute Gasteiger partial charge is 0.363 e. The molecule has 3 heterocycles. The fourth-order valence-corrected chi connectivity index (χ4v) is 4.51. The maximum atomic E-state index is 13.1. The van der Waals surface area contributed by atoms with E-state index in [0.29, 0.717) is 17.9 Å². The van der Waals surface area contributed by atoms with Crippen molar-refractivity contribution in [1.29, 1.82) is 0 Å². The van der Waals surface area contributed by atoms with Crippen LogP contribution in [0.25, 0.3) is 0 Å². The van der Waals surface area contributed by atoms with Gasteiger partial charge in [-0.2, -0.15) is 5.10 Å². The first-order valence-electron chi connectivity index (χ1n) is 8.48. The van der Waals surface area contributed by atoms with Crippen molar-refractivity contribution in [3.63, 3.8) is 0 Å². The van der Waals surface area contributed by atoms with E-state index in [1.54, 1.807) is 34.1 Å². The number of rotatable bonds is 4. The number of hydrogen-bond acceptors (Lipinski definition) is 6. The number of amides is 1. The van der Waals surface area contributed by atoms with Gasteiger partial charge in [-0.1, -0.05) is 0 Å². The van der Waals surface area contributed by atoms with E-state index in [1.165, 1.54) is 0 Å². The summed E-state index contributed by atoms with van der Waals surface area (Å²) >= 11 is 0. The summed E-state index contributed by atoms with van der Waals surface area (Å²) in [6.45, 7) is 2.81. The summed E-state index contributed by atoms with van der Waals surface area (Å²) in [5.74, 6) is 0.373. The Labute approximate surface area is 153 Å². The summed E-state index contributed by atoms with van der Waals surface area (Å²) < 4.78 is 26.1. The summed E-state index contributed by atoms with van der Waals surface area (Å²) in [4.78, 5) is 20.8. The lowest BCUT2D eigenvalue weighted by molar-refractivity contribution is 0.0697. The van der Waals surface area contributed by atoms with E-state index in [4.69, 9.17) is 0 Å². The summed E-state index contributed by atoms with van der Waals surface area (Å²) in [6, 6.07) is 2.85. The van der Waals surface area contributed by atoms with Crippen LogP contribution in [0.2, 0.25) is 0 Å². The fourth-order valence-electron chi connectivity index (χ4n) is 3.01. The number of nitrogens with zero attached hydrogens (tertiary/aromatic N) is 5. The number of anilines is 1. The minimum absolute atomic E-state index is 0.0250. The molecule has 1 amide bonds. The molecule has 26 heavy (non-hydrogen) atoms. The van der Waals surface area contributed by atoms with Crippen LogP contribution in [0.15, 0.2) is 30.7 Å². The molecule has 3 rings (SSSR count). The lowest BCUT2D eigenvalue weighted by Gasteiger charge is -2.35. The second-order valence-corrected chi connectivity index (χ2v) is 8.78. The number of carbonyl (C=O) groups is 1.